The maximum absolute atomic E-state index is 12.8. The Morgan fingerprint density at radius 1 is 1.20 bits per heavy atom. The molecule has 2 amide bonds. The Hall–Kier alpha value is -2.42. The van der Waals surface area contributed by atoms with Crippen LogP contribution < -0.4 is 11.1 Å². The fourth-order valence-corrected chi connectivity index (χ4v) is 2.79. The number of primary amides is 1. The summed E-state index contributed by atoms with van der Waals surface area (Å²) in [7, 11) is 0. The van der Waals surface area contributed by atoms with Gasteiger partial charge >= 0.3 is 0 Å². The lowest BCUT2D eigenvalue weighted by atomic mass is 10.0. The lowest BCUT2D eigenvalue weighted by Crippen LogP contribution is -2.50. The van der Waals surface area contributed by atoms with Crippen molar-refractivity contribution in [2.45, 2.75) is 45.1 Å². The molecular weight excluding hydrogens is 326 g/mol. The summed E-state index contributed by atoms with van der Waals surface area (Å²) in [5.41, 5.74) is 6.17. The number of hydrogen-bond acceptors (Lipinski definition) is 2. The molecule has 2 unspecified atom stereocenters. The van der Waals surface area contributed by atoms with Crippen molar-refractivity contribution >= 4 is 11.8 Å². The summed E-state index contributed by atoms with van der Waals surface area (Å²) < 4.78 is 25.6. The molecule has 1 aliphatic carbocycles. The molecule has 1 aromatic rings. The highest BCUT2D eigenvalue weighted by Gasteiger charge is 2.31. The summed E-state index contributed by atoms with van der Waals surface area (Å²) in [6, 6.07) is 5.09. The average molecular weight is 348 g/mol. The molecule has 1 aliphatic rings. The number of alkyl halides is 2. The Kier molecular flexibility index (Phi) is 6.51. The molecule has 3 N–H and O–H groups in total. The van der Waals surface area contributed by atoms with Crippen LogP contribution in [0, 0.1) is 23.7 Å². The second kappa shape index (κ2) is 8.61. The minimum Gasteiger partial charge on any atom is -0.368 e. The molecule has 0 bridgehead atoms. The molecule has 1 fully saturated rings. The second-order valence-corrected chi connectivity index (χ2v) is 6.38. The Morgan fingerprint density at radius 2 is 1.80 bits per heavy atom. The van der Waals surface area contributed by atoms with Crippen molar-refractivity contribution in [2.24, 2.45) is 17.6 Å². The normalized spacial score (nSPS) is 16.8. The van der Waals surface area contributed by atoms with Gasteiger partial charge < -0.3 is 11.1 Å². The van der Waals surface area contributed by atoms with E-state index in [2.05, 4.69) is 17.2 Å². The molecular formula is C19H22F2N2O2. The predicted molar refractivity (Wildman–Crippen MR) is 90.9 cm³/mol. The van der Waals surface area contributed by atoms with Gasteiger partial charge in [0.1, 0.15) is 6.04 Å². The zero-order chi connectivity index (χ0) is 18.4. The van der Waals surface area contributed by atoms with Crippen LogP contribution in [0.25, 0.3) is 0 Å². The Bertz CT molecular complexity index is 671. The van der Waals surface area contributed by atoms with Crippen molar-refractivity contribution in [3.05, 3.63) is 35.4 Å². The molecule has 0 aromatic heterocycles. The Morgan fingerprint density at radius 3 is 2.32 bits per heavy atom. The summed E-state index contributed by atoms with van der Waals surface area (Å²) >= 11 is 0. The summed E-state index contributed by atoms with van der Waals surface area (Å²) in [4.78, 5) is 23.5. The molecule has 6 heteroatoms. The van der Waals surface area contributed by atoms with E-state index in [1.54, 1.807) is 24.3 Å². The van der Waals surface area contributed by atoms with Crippen molar-refractivity contribution < 1.29 is 18.4 Å². The lowest BCUT2D eigenvalue weighted by molar-refractivity contribution is -0.122. The molecule has 0 aliphatic heterocycles. The van der Waals surface area contributed by atoms with Gasteiger partial charge in [0.25, 0.3) is 5.91 Å². The topological polar surface area (TPSA) is 72.2 Å². The van der Waals surface area contributed by atoms with Crippen LogP contribution in [0.3, 0.4) is 0 Å². The average Bonchev–Trinajstić information content (AvgIpc) is 3.10. The third-order valence-corrected chi connectivity index (χ3v) is 4.44. The van der Waals surface area contributed by atoms with Crippen molar-refractivity contribution in [1.82, 2.24) is 5.32 Å². The van der Waals surface area contributed by atoms with Gasteiger partial charge in [-0.25, -0.2) is 8.78 Å². The van der Waals surface area contributed by atoms with E-state index in [0.29, 0.717) is 5.92 Å². The molecule has 0 spiro atoms. The molecule has 4 nitrogen and oxygen atoms in total. The van der Waals surface area contributed by atoms with Crippen molar-refractivity contribution in [3.8, 4) is 11.8 Å². The van der Waals surface area contributed by atoms with Crippen LogP contribution in [0.1, 0.15) is 48.5 Å². The van der Waals surface area contributed by atoms with Gasteiger partial charge in [-0.05, 0) is 37.1 Å². The first kappa shape index (κ1) is 18.9. The van der Waals surface area contributed by atoms with Crippen LogP contribution >= 0.6 is 0 Å². The fraction of sp³-hybridized carbons (Fsp3) is 0.474. The van der Waals surface area contributed by atoms with Crippen LogP contribution in [0.2, 0.25) is 0 Å². The van der Waals surface area contributed by atoms with E-state index in [0.717, 1.165) is 18.4 Å². The molecule has 1 aromatic carbocycles. The van der Waals surface area contributed by atoms with Crippen LogP contribution in [-0.4, -0.2) is 24.3 Å². The highest BCUT2D eigenvalue weighted by molar-refractivity contribution is 5.97. The fourth-order valence-electron chi connectivity index (χ4n) is 2.79. The van der Waals surface area contributed by atoms with Crippen LogP contribution in [0.4, 0.5) is 8.78 Å². The molecule has 1 saturated carbocycles. The van der Waals surface area contributed by atoms with Gasteiger partial charge in [-0.2, -0.15) is 0 Å². The number of carbonyl (C=O) groups excluding carboxylic acids is 2. The van der Waals surface area contributed by atoms with Crippen molar-refractivity contribution in [2.75, 3.05) is 0 Å². The number of hydrogen-bond donors (Lipinski definition) is 2. The number of carbonyl (C=O) groups is 2. The van der Waals surface area contributed by atoms with Gasteiger partial charge in [0.05, 0.1) is 0 Å². The number of nitrogens with one attached hydrogen (secondary N) is 1. The van der Waals surface area contributed by atoms with E-state index in [1.807, 2.05) is 0 Å². The second-order valence-electron chi connectivity index (χ2n) is 6.38. The summed E-state index contributed by atoms with van der Waals surface area (Å²) in [5, 5.41) is 2.28. The maximum Gasteiger partial charge on any atom is 0.251 e. The van der Waals surface area contributed by atoms with E-state index in [9.17, 15) is 18.4 Å². The van der Waals surface area contributed by atoms with Crippen LogP contribution in [-0.2, 0) is 4.79 Å². The number of halogens is 2. The predicted octanol–water partition coefficient (Wildman–Crippen LogP) is 2.71. The van der Waals surface area contributed by atoms with Gasteiger partial charge in [0, 0.05) is 23.0 Å². The minimum absolute atomic E-state index is 0.263. The number of rotatable bonds is 5. The molecule has 25 heavy (non-hydrogen) atoms. The first-order chi connectivity index (χ1) is 11.9. The first-order valence-electron chi connectivity index (χ1n) is 8.38. The third-order valence-electron chi connectivity index (χ3n) is 4.44. The van der Waals surface area contributed by atoms with Crippen LogP contribution in [0.15, 0.2) is 24.3 Å². The molecule has 0 radical (unpaired) electrons. The van der Waals surface area contributed by atoms with E-state index >= 15 is 0 Å². The zero-order valence-electron chi connectivity index (χ0n) is 14.1. The quantitative estimate of drug-likeness (QED) is 0.803. The Balaban J connectivity index is 2.02. The molecule has 2 atom stereocenters. The number of nitrogens with two attached hydrogens (primary N) is 1. The van der Waals surface area contributed by atoms with E-state index in [1.165, 1.54) is 19.8 Å². The minimum atomic E-state index is -2.76. The lowest BCUT2D eigenvalue weighted by Gasteiger charge is -2.21. The SMILES string of the molecule is CC(C(F)F)C(NC(=O)c1ccc(C#CC2CCCC2)cc1)C(N)=O. The van der Waals surface area contributed by atoms with Crippen molar-refractivity contribution in [1.29, 1.82) is 0 Å². The summed E-state index contributed by atoms with van der Waals surface area (Å²) in [6.07, 6.45) is 1.94. The van der Waals surface area contributed by atoms with E-state index in [4.69, 9.17) is 5.73 Å². The molecule has 2 rings (SSSR count). The molecule has 0 saturated heterocycles. The largest absolute Gasteiger partial charge is 0.368 e. The van der Waals surface area contributed by atoms with Gasteiger partial charge in [-0.3, -0.25) is 9.59 Å². The molecule has 0 heterocycles. The van der Waals surface area contributed by atoms with E-state index < -0.39 is 30.2 Å². The van der Waals surface area contributed by atoms with Gasteiger partial charge in [0.15, 0.2) is 0 Å². The highest BCUT2D eigenvalue weighted by Crippen LogP contribution is 2.23. The third kappa shape index (κ3) is 5.28. The van der Waals surface area contributed by atoms with Crippen LogP contribution in [0.5, 0.6) is 0 Å². The Labute approximate surface area is 146 Å². The smallest absolute Gasteiger partial charge is 0.251 e. The standard InChI is InChI=1S/C19H22F2N2O2/c1-12(17(20)21)16(18(22)24)23-19(25)15-10-8-14(9-11-15)7-6-13-4-2-3-5-13/h8-13,16-17H,2-5H2,1H3,(H2,22,24)(H,23,25). The zero-order valence-corrected chi connectivity index (χ0v) is 14.1. The van der Waals surface area contributed by atoms with Gasteiger partial charge in [-0.15, -0.1) is 0 Å². The van der Waals surface area contributed by atoms with Crippen molar-refractivity contribution in [3.63, 3.8) is 0 Å². The summed E-state index contributed by atoms with van der Waals surface area (Å²) in [5.74, 6) is 3.79. The summed E-state index contributed by atoms with van der Waals surface area (Å²) in [6.45, 7) is 1.17. The monoisotopic (exact) mass is 348 g/mol. The first-order valence-corrected chi connectivity index (χ1v) is 8.38. The van der Waals surface area contributed by atoms with Gasteiger partial charge in [0.2, 0.25) is 12.3 Å². The number of benzene rings is 1. The molecule has 134 valence electrons. The number of amides is 2. The highest BCUT2D eigenvalue weighted by atomic mass is 19.3. The van der Waals surface area contributed by atoms with Gasteiger partial charge in [-0.1, -0.05) is 31.6 Å². The van der Waals surface area contributed by atoms with E-state index in [-0.39, 0.29) is 5.56 Å². The maximum atomic E-state index is 12.8.